The fraction of sp³-hybridized carbons (Fsp3) is 0.333. The summed E-state index contributed by atoms with van der Waals surface area (Å²) >= 11 is 4.64. The average molecular weight is 451 g/mol. The van der Waals surface area contributed by atoms with Crippen LogP contribution in [-0.4, -0.2) is 26.4 Å². The highest BCUT2D eigenvalue weighted by molar-refractivity contribution is 9.10. The van der Waals surface area contributed by atoms with Crippen LogP contribution in [0, 0.1) is 0 Å². The van der Waals surface area contributed by atoms with E-state index in [4.69, 9.17) is 4.52 Å². The number of carbonyl (C=O) groups is 1. The Morgan fingerprint density at radius 3 is 2.93 bits per heavy atom. The molecule has 9 heteroatoms. The van der Waals surface area contributed by atoms with Gasteiger partial charge in [0.2, 0.25) is 5.91 Å². The van der Waals surface area contributed by atoms with E-state index in [1.807, 2.05) is 6.07 Å². The van der Waals surface area contributed by atoms with Crippen LogP contribution in [-0.2, 0) is 11.3 Å². The molecule has 0 unspecified atom stereocenters. The molecule has 0 aliphatic heterocycles. The average Bonchev–Trinajstić information content (AvgIpc) is 3.15. The largest absolute Gasteiger partial charge is 0.363 e. The number of anilines is 1. The van der Waals surface area contributed by atoms with Gasteiger partial charge in [-0.05, 0) is 24.6 Å². The second kappa shape index (κ2) is 9.18. The van der Waals surface area contributed by atoms with Gasteiger partial charge in [0.05, 0.1) is 16.7 Å². The van der Waals surface area contributed by atoms with Gasteiger partial charge in [0.25, 0.3) is 5.56 Å². The fourth-order valence-corrected chi connectivity index (χ4v) is 3.77. The van der Waals surface area contributed by atoms with Crippen LogP contribution in [0.4, 0.5) is 5.82 Å². The molecule has 7 nitrogen and oxygen atoms in total. The van der Waals surface area contributed by atoms with Crippen molar-refractivity contribution in [2.45, 2.75) is 37.9 Å². The maximum Gasteiger partial charge on any atom is 0.262 e. The van der Waals surface area contributed by atoms with Crippen LogP contribution in [0.2, 0.25) is 0 Å². The van der Waals surface area contributed by atoms with Crippen molar-refractivity contribution < 1.29 is 9.32 Å². The summed E-state index contributed by atoms with van der Waals surface area (Å²) in [5, 5.41) is 7.40. The van der Waals surface area contributed by atoms with Crippen molar-refractivity contribution >= 4 is 50.3 Å². The van der Waals surface area contributed by atoms with E-state index in [-0.39, 0.29) is 17.2 Å². The molecule has 0 spiro atoms. The van der Waals surface area contributed by atoms with Crippen LogP contribution in [0.25, 0.3) is 10.9 Å². The van der Waals surface area contributed by atoms with Gasteiger partial charge in [0, 0.05) is 17.1 Å². The third kappa shape index (κ3) is 4.98. The second-order valence-corrected chi connectivity index (χ2v) is 7.80. The van der Waals surface area contributed by atoms with Crippen LogP contribution in [0.5, 0.6) is 0 Å². The fourth-order valence-electron chi connectivity index (χ4n) is 2.59. The summed E-state index contributed by atoms with van der Waals surface area (Å²) in [6.07, 6.45) is 4.36. The normalized spacial score (nSPS) is 11.0. The van der Waals surface area contributed by atoms with Crippen LogP contribution >= 0.6 is 27.7 Å². The van der Waals surface area contributed by atoms with Crippen LogP contribution < -0.4 is 10.9 Å². The number of nitrogens with zero attached hydrogens (tertiary/aromatic N) is 3. The van der Waals surface area contributed by atoms with Crippen LogP contribution in [0.1, 0.15) is 26.2 Å². The first-order valence-electron chi connectivity index (χ1n) is 8.61. The van der Waals surface area contributed by atoms with Gasteiger partial charge in [-0.15, -0.1) is 0 Å². The third-order valence-electron chi connectivity index (χ3n) is 3.90. The highest BCUT2D eigenvalue weighted by Crippen LogP contribution is 2.21. The number of unbranched alkanes of at least 4 members (excludes halogenated alkanes) is 2. The number of thioether (sulfide) groups is 1. The topological polar surface area (TPSA) is 90.0 Å². The van der Waals surface area contributed by atoms with Crippen molar-refractivity contribution in [1.29, 1.82) is 0 Å². The Bertz CT molecular complexity index is 988. The number of aromatic nitrogens is 3. The Morgan fingerprint density at radius 2 is 2.19 bits per heavy atom. The van der Waals surface area contributed by atoms with E-state index in [1.54, 1.807) is 22.8 Å². The molecule has 0 fully saturated rings. The Balaban J connectivity index is 1.85. The van der Waals surface area contributed by atoms with Crippen molar-refractivity contribution in [2.75, 3.05) is 11.1 Å². The second-order valence-electron chi connectivity index (χ2n) is 5.94. The van der Waals surface area contributed by atoms with Gasteiger partial charge in [-0.1, -0.05) is 52.6 Å². The Morgan fingerprint density at radius 1 is 1.33 bits per heavy atom. The molecule has 1 amide bonds. The summed E-state index contributed by atoms with van der Waals surface area (Å²) in [4.78, 5) is 29.7. The van der Waals surface area contributed by atoms with Gasteiger partial charge >= 0.3 is 0 Å². The molecule has 2 heterocycles. The van der Waals surface area contributed by atoms with E-state index in [0.29, 0.717) is 28.4 Å². The predicted octanol–water partition coefficient (Wildman–Crippen LogP) is 4.07. The van der Waals surface area contributed by atoms with Gasteiger partial charge in [-0.2, -0.15) is 0 Å². The molecule has 3 aromatic rings. The van der Waals surface area contributed by atoms with Gasteiger partial charge in [0.15, 0.2) is 11.0 Å². The van der Waals surface area contributed by atoms with Crippen LogP contribution in [0.15, 0.2) is 49.5 Å². The quantitative estimate of drug-likeness (QED) is 0.316. The number of carbonyl (C=O) groups excluding carboxylic acids is 1. The molecule has 0 saturated heterocycles. The number of hydrogen-bond acceptors (Lipinski definition) is 6. The van der Waals surface area contributed by atoms with Gasteiger partial charge < -0.3 is 9.84 Å². The molecule has 3 rings (SSSR count). The predicted molar refractivity (Wildman–Crippen MR) is 109 cm³/mol. The van der Waals surface area contributed by atoms with Crippen molar-refractivity contribution in [3.8, 4) is 0 Å². The third-order valence-corrected chi connectivity index (χ3v) is 5.37. The number of rotatable bonds is 8. The first kappa shape index (κ1) is 19.6. The molecule has 0 aliphatic carbocycles. The van der Waals surface area contributed by atoms with Gasteiger partial charge in [-0.3, -0.25) is 14.2 Å². The molecule has 1 aromatic carbocycles. The van der Waals surface area contributed by atoms with Crippen LogP contribution in [0.3, 0.4) is 0 Å². The van der Waals surface area contributed by atoms with E-state index in [2.05, 4.69) is 38.3 Å². The zero-order valence-corrected chi connectivity index (χ0v) is 17.2. The summed E-state index contributed by atoms with van der Waals surface area (Å²) in [6.45, 7) is 2.69. The minimum absolute atomic E-state index is 0.0863. The Labute approximate surface area is 168 Å². The summed E-state index contributed by atoms with van der Waals surface area (Å²) < 4.78 is 7.19. The SMILES string of the molecule is CCCCCn1c(SCC(=O)Nc2ccon2)nc2ccc(Br)cc2c1=O. The highest BCUT2D eigenvalue weighted by Gasteiger charge is 2.14. The highest BCUT2D eigenvalue weighted by atomic mass is 79.9. The number of fused-ring (bicyclic) bond motifs is 1. The lowest BCUT2D eigenvalue weighted by Gasteiger charge is -2.13. The molecular weight excluding hydrogens is 432 g/mol. The van der Waals surface area contributed by atoms with Crippen molar-refractivity contribution in [3.63, 3.8) is 0 Å². The molecule has 0 aliphatic rings. The lowest BCUT2D eigenvalue weighted by Crippen LogP contribution is -2.24. The summed E-state index contributed by atoms with van der Waals surface area (Å²) in [6, 6.07) is 7.00. The summed E-state index contributed by atoms with van der Waals surface area (Å²) in [5.74, 6) is 0.242. The first-order chi connectivity index (χ1) is 13.1. The molecule has 1 N–H and O–H groups in total. The minimum atomic E-state index is -0.237. The molecule has 0 bridgehead atoms. The van der Waals surface area contributed by atoms with E-state index in [9.17, 15) is 9.59 Å². The maximum absolute atomic E-state index is 13.0. The van der Waals surface area contributed by atoms with E-state index in [0.717, 1.165) is 23.7 Å². The molecule has 142 valence electrons. The number of benzene rings is 1. The Kier molecular flexibility index (Phi) is 6.68. The zero-order valence-electron chi connectivity index (χ0n) is 14.8. The molecular formula is C18H19BrN4O3S. The number of hydrogen-bond donors (Lipinski definition) is 1. The van der Waals surface area contributed by atoms with Crippen molar-refractivity contribution in [3.05, 3.63) is 45.4 Å². The van der Waals surface area contributed by atoms with Crippen molar-refractivity contribution in [1.82, 2.24) is 14.7 Å². The van der Waals surface area contributed by atoms with Crippen molar-refractivity contribution in [2.24, 2.45) is 0 Å². The lowest BCUT2D eigenvalue weighted by atomic mass is 10.2. The van der Waals surface area contributed by atoms with E-state index >= 15 is 0 Å². The van der Waals surface area contributed by atoms with Gasteiger partial charge in [0.1, 0.15) is 6.26 Å². The van der Waals surface area contributed by atoms with Gasteiger partial charge in [-0.25, -0.2) is 4.98 Å². The zero-order chi connectivity index (χ0) is 19.2. The number of amides is 1. The maximum atomic E-state index is 13.0. The van der Waals surface area contributed by atoms with E-state index in [1.165, 1.54) is 18.0 Å². The minimum Gasteiger partial charge on any atom is -0.363 e. The molecule has 27 heavy (non-hydrogen) atoms. The summed E-state index contributed by atoms with van der Waals surface area (Å²) in [7, 11) is 0. The molecule has 0 radical (unpaired) electrons. The van der Waals surface area contributed by atoms with E-state index < -0.39 is 0 Å². The molecule has 0 atom stereocenters. The summed E-state index contributed by atoms with van der Waals surface area (Å²) in [5.41, 5.74) is 0.533. The lowest BCUT2D eigenvalue weighted by molar-refractivity contribution is -0.113. The standard InChI is InChI=1S/C18H19BrN4O3S/c1-2-3-4-8-23-17(25)13-10-12(19)5-6-14(13)20-18(23)27-11-16(24)21-15-7-9-26-22-15/h5-7,9-10H,2-4,8,11H2,1H3,(H,21,22,24). The first-order valence-corrected chi connectivity index (χ1v) is 10.4. The number of nitrogens with one attached hydrogen (secondary N) is 1. The molecule has 2 aromatic heterocycles. The number of halogens is 1. The Hall–Kier alpha value is -2.13. The monoisotopic (exact) mass is 450 g/mol. The smallest absolute Gasteiger partial charge is 0.262 e. The molecule has 0 saturated carbocycles.